The number of anilines is 1. The van der Waals surface area contributed by atoms with Gasteiger partial charge in [-0.2, -0.15) is 0 Å². The summed E-state index contributed by atoms with van der Waals surface area (Å²) >= 11 is 1.57. The Hall–Kier alpha value is -2.51. The molecule has 2 aromatic rings. The molecule has 2 aliphatic heterocycles. The topological polar surface area (TPSA) is 51.1 Å². The fourth-order valence-electron chi connectivity index (χ4n) is 2.67. The van der Waals surface area contributed by atoms with Gasteiger partial charge in [-0.15, -0.1) is 11.3 Å². The number of esters is 1. The highest BCUT2D eigenvalue weighted by molar-refractivity contribution is 7.16. The zero-order chi connectivity index (χ0) is 17.2. The van der Waals surface area contributed by atoms with Gasteiger partial charge in [0.05, 0.1) is 23.8 Å². The minimum Gasteiger partial charge on any atom is -0.402 e. The summed E-state index contributed by atoms with van der Waals surface area (Å²) in [5.41, 5.74) is 0.355. The van der Waals surface area contributed by atoms with E-state index in [1.807, 2.05) is 12.1 Å². The van der Waals surface area contributed by atoms with Crippen LogP contribution in [0.2, 0.25) is 0 Å². The molecule has 1 fully saturated rings. The summed E-state index contributed by atoms with van der Waals surface area (Å²) in [6.07, 6.45) is 1.67. The monoisotopic (exact) mass is 358 g/mol. The Morgan fingerprint density at radius 3 is 2.76 bits per heavy atom. The zero-order valence-corrected chi connectivity index (χ0v) is 14.1. The lowest BCUT2D eigenvalue weighted by atomic mass is 10.2. The second-order valence-electron chi connectivity index (χ2n) is 5.59. The first-order valence-corrected chi connectivity index (χ1v) is 8.72. The van der Waals surface area contributed by atoms with Crippen LogP contribution < -0.4 is 4.90 Å². The van der Waals surface area contributed by atoms with E-state index in [1.165, 1.54) is 12.1 Å². The van der Waals surface area contributed by atoms with Gasteiger partial charge >= 0.3 is 5.97 Å². The lowest BCUT2D eigenvalue weighted by molar-refractivity contribution is -0.129. The molecule has 5 nitrogen and oxygen atoms in total. The largest absolute Gasteiger partial charge is 0.402 e. The molecule has 1 saturated heterocycles. The van der Waals surface area contributed by atoms with Crippen LogP contribution >= 0.6 is 11.3 Å². The summed E-state index contributed by atoms with van der Waals surface area (Å²) in [6.45, 7) is 3.15. The number of carbonyl (C=O) groups excluding carboxylic acids is 1. The highest BCUT2D eigenvalue weighted by atomic mass is 32.1. The van der Waals surface area contributed by atoms with Gasteiger partial charge in [-0.1, -0.05) is 12.1 Å². The Morgan fingerprint density at radius 2 is 1.96 bits per heavy atom. The standard InChI is InChI=1S/C18H15FN2O3S/c19-14-4-2-1-3-13(14)17-20-15(18(22)24-17)11-12-5-6-16(25-12)21-7-9-23-10-8-21/h1-6,11H,7-10H2/b15-11-. The number of hydrogen-bond acceptors (Lipinski definition) is 6. The van der Waals surface area contributed by atoms with Crippen molar-refractivity contribution in [1.82, 2.24) is 0 Å². The third-order valence-corrected chi connectivity index (χ3v) is 5.03. The van der Waals surface area contributed by atoms with E-state index in [1.54, 1.807) is 29.5 Å². The fraction of sp³-hybridized carbons (Fsp3) is 0.222. The van der Waals surface area contributed by atoms with Crippen molar-refractivity contribution >= 4 is 34.3 Å². The van der Waals surface area contributed by atoms with E-state index in [2.05, 4.69) is 9.89 Å². The second-order valence-corrected chi connectivity index (χ2v) is 6.69. The van der Waals surface area contributed by atoms with E-state index < -0.39 is 11.8 Å². The van der Waals surface area contributed by atoms with Crippen LogP contribution in [0.25, 0.3) is 6.08 Å². The number of benzene rings is 1. The summed E-state index contributed by atoms with van der Waals surface area (Å²) in [6, 6.07) is 10.0. The van der Waals surface area contributed by atoms with E-state index in [9.17, 15) is 9.18 Å². The molecule has 25 heavy (non-hydrogen) atoms. The van der Waals surface area contributed by atoms with E-state index in [0.717, 1.165) is 36.2 Å². The van der Waals surface area contributed by atoms with Crippen LogP contribution in [0.4, 0.5) is 9.39 Å². The molecule has 0 N–H and O–H groups in total. The highest BCUT2D eigenvalue weighted by Crippen LogP contribution is 2.29. The first kappa shape index (κ1) is 16.0. The Bertz CT molecular complexity index is 869. The molecule has 1 aromatic heterocycles. The number of nitrogens with zero attached hydrogens (tertiary/aromatic N) is 2. The van der Waals surface area contributed by atoms with Crippen LogP contribution in [-0.2, 0) is 14.3 Å². The molecule has 0 bridgehead atoms. The maximum Gasteiger partial charge on any atom is 0.363 e. The minimum atomic E-state index is -0.570. The number of ether oxygens (including phenoxy) is 2. The van der Waals surface area contributed by atoms with Crippen molar-refractivity contribution in [3.05, 3.63) is 58.4 Å². The van der Waals surface area contributed by atoms with Gasteiger partial charge < -0.3 is 14.4 Å². The molecule has 0 aliphatic carbocycles. The molecule has 0 unspecified atom stereocenters. The van der Waals surface area contributed by atoms with Gasteiger partial charge in [0.15, 0.2) is 5.70 Å². The van der Waals surface area contributed by atoms with Crippen LogP contribution in [-0.4, -0.2) is 38.2 Å². The van der Waals surface area contributed by atoms with Crippen molar-refractivity contribution in [3.63, 3.8) is 0 Å². The van der Waals surface area contributed by atoms with Gasteiger partial charge in [0.2, 0.25) is 5.90 Å². The molecule has 0 amide bonds. The maximum absolute atomic E-state index is 13.8. The van der Waals surface area contributed by atoms with Crippen molar-refractivity contribution in [2.75, 3.05) is 31.2 Å². The predicted molar refractivity (Wildman–Crippen MR) is 94.4 cm³/mol. The average molecular weight is 358 g/mol. The molecular weight excluding hydrogens is 343 g/mol. The van der Waals surface area contributed by atoms with E-state index in [0.29, 0.717) is 0 Å². The highest BCUT2D eigenvalue weighted by Gasteiger charge is 2.26. The minimum absolute atomic E-state index is 0.000640. The third kappa shape index (κ3) is 3.33. The Kier molecular flexibility index (Phi) is 4.33. The number of carbonyl (C=O) groups is 1. The van der Waals surface area contributed by atoms with Crippen molar-refractivity contribution in [1.29, 1.82) is 0 Å². The van der Waals surface area contributed by atoms with Crippen LogP contribution in [0.1, 0.15) is 10.4 Å². The molecule has 2 aliphatic rings. The summed E-state index contributed by atoms with van der Waals surface area (Å²) in [4.78, 5) is 19.3. The smallest absolute Gasteiger partial charge is 0.363 e. The molecule has 128 valence electrons. The van der Waals surface area contributed by atoms with Gasteiger partial charge in [0, 0.05) is 18.0 Å². The maximum atomic E-state index is 13.8. The summed E-state index contributed by atoms with van der Waals surface area (Å²) in [7, 11) is 0. The molecule has 1 aromatic carbocycles. The lowest BCUT2D eigenvalue weighted by Crippen LogP contribution is -2.35. The number of halogens is 1. The summed E-state index contributed by atoms with van der Waals surface area (Å²) < 4.78 is 24.3. The Morgan fingerprint density at radius 1 is 1.16 bits per heavy atom. The Labute approximate surface area is 148 Å². The number of rotatable bonds is 3. The van der Waals surface area contributed by atoms with Crippen LogP contribution in [0, 0.1) is 5.82 Å². The molecule has 0 spiro atoms. The molecule has 0 saturated carbocycles. The van der Waals surface area contributed by atoms with Crippen LogP contribution in [0.15, 0.2) is 47.1 Å². The van der Waals surface area contributed by atoms with E-state index >= 15 is 0 Å². The zero-order valence-electron chi connectivity index (χ0n) is 13.3. The number of cyclic esters (lactones) is 1. The summed E-state index contributed by atoms with van der Waals surface area (Å²) in [5, 5.41) is 1.12. The first-order valence-electron chi connectivity index (χ1n) is 7.91. The SMILES string of the molecule is O=C1OC(c2ccccc2F)=N/C1=C\c1ccc(N2CCOCC2)s1. The Balaban J connectivity index is 1.58. The van der Waals surface area contributed by atoms with Crippen molar-refractivity contribution in [2.45, 2.75) is 0 Å². The van der Waals surface area contributed by atoms with E-state index in [4.69, 9.17) is 9.47 Å². The molecule has 7 heteroatoms. The number of aliphatic imine (C=N–C) groups is 1. The van der Waals surface area contributed by atoms with Crippen molar-refractivity contribution in [3.8, 4) is 0 Å². The van der Waals surface area contributed by atoms with Crippen molar-refractivity contribution in [2.24, 2.45) is 4.99 Å². The van der Waals surface area contributed by atoms with Gasteiger partial charge in [0.1, 0.15) is 5.82 Å². The molecule has 3 heterocycles. The first-order chi connectivity index (χ1) is 12.2. The normalized spacial score (nSPS) is 19.2. The second kappa shape index (κ2) is 6.78. The van der Waals surface area contributed by atoms with Crippen molar-refractivity contribution < 1.29 is 18.7 Å². The average Bonchev–Trinajstić information content (AvgIpc) is 3.24. The lowest BCUT2D eigenvalue weighted by Gasteiger charge is -2.27. The van der Waals surface area contributed by atoms with Crippen LogP contribution in [0.5, 0.6) is 0 Å². The van der Waals surface area contributed by atoms with Crippen LogP contribution in [0.3, 0.4) is 0 Å². The molecule has 0 radical (unpaired) electrons. The molecule has 4 rings (SSSR count). The van der Waals surface area contributed by atoms with Gasteiger partial charge in [-0.25, -0.2) is 14.2 Å². The number of morpholine rings is 1. The summed E-state index contributed by atoms with van der Waals surface area (Å²) in [5.74, 6) is -1.04. The predicted octanol–water partition coefficient (Wildman–Crippen LogP) is 3.07. The molecule has 0 atom stereocenters. The van der Waals surface area contributed by atoms with Gasteiger partial charge in [-0.05, 0) is 30.3 Å². The quantitative estimate of drug-likeness (QED) is 0.625. The fourth-order valence-corrected chi connectivity index (χ4v) is 3.66. The van der Waals surface area contributed by atoms with E-state index in [-0.39, 0.29) is 17.2 Å². The van der Waals surface area contributed by atoms with Gasteiger partial charge in [-0.3, -0.25) is 0 Å². The third-order valence-electron chi connectivity index (χ3n) is 3.94. The number of thiophene rings is 1. The van der Waals surface area contributed by atoms with Gasteiger partial charge in [0.25, 0.3) is 0 Å². The molecular formula is C18H15FN2O3S. The number of hydrogen-bond donors (Lipinski definition) is 0.